The number of hydrogen-bond donors (Lipinski definition) is 1. The van der Waals surface area contributed by atoms with Crippen LogP contribution in [-0.4, -0.2) is 40.9 Å². The number of carbonyl (C=O) groups is 1. The molecule has 3 aromatic rings. The second kappa shape index (κ2) is 9.47. The molecule has 1 atom stereocenters. The highest BCUT2D eigenvalue weighted by atomic mass is 35.5. The minimum absolute atomic E-state index is 0.215. The van der Waals surface area contributed by atoms with Crippen molar-refractivity contribution in [2.75, 3.05) is 13.2 Å². The van der Waals surface area contributed by atoms with Gasteiger partial charge in [-0.05, 0) is 64.7 Å². The van der Waals surface area contributed by atoms with Gasteiger partial charge in [0.05, 0.1) is 29.4 Å². The molecule has 4 rings (SSSR count). The Morgan fingerprint density at radius 3 is 2.76 bits per heavy atom. The molecule has 176 valence electrons. The highest BCUT2D eigenvalue weighted by Gasteiger charge is 2.22. The first-order valence-corrected chi connectivity index (χ1v) is 11.4. The Morgan fingerprint density at radius 2 is 2.06 bits per heavy atom. The lowest BCUT2D eigenvalue weighted by Crippen LogP contribution is -2.40. The largest absolute Gasteiger partial charge is 0.493 e. The summed E-state index contributed by atoms with van der Waals surface area (Å²) in [6, 6.07) is 6.86. The first-order valence-electron chi connectivity index (χ1n) is 11.0. The van der Waals surface area contributed by atoms with Gasteiger partial charge in [0, 0.05) is 6.07 Å². The number of ether oxygens (including phenoxy) is 3. The lowest BCUT2D eigenvalue weighted by atomic mass is 10.2. The number of halogens is 1. The maximum absolute atomic E-state index is 11.9. The zero-order chi connectivity index (χ0) is 23.6. The molecule has 2 aromatic heterocycles. The van der Waals surface area contributed by atoms with Crippen LogP contribution in [0.2, 0.25) is 5.02 Å². The Morgan fingerprint density at radius 1 is 1.27 bits per heavy atom. The molecule has 1 aliphatic carbocycles. The lowest BCUT2D eigenvalue weighted by molar-refractivity contribution is 0.0493. The van der Waals surface area contributed by atoms with Crippen LogP contribution >= 0.6 is 11.6 Å². The van der Waals surface area contributed by atoms with Crippen molar-refractivity contribution in [1.82, 2.24) is 15.3 Å². The molecule has 0 aliphatic heterocycles. The number of nitrogens with one attached hydrogen (secondary N) is 1. The van der Waals surface area contributed by atoms with Crippen LogP contribution in [0.3, 0.4) is 0 Å². The van der Waals surface area contributed by atoms with Gasteiger partial charge in [-0.2, -0.15) is 0 Å². The zero-order valence-electron chi connectivity index (χ0n) is 19.2. The van der Waals surface area contributed by atoms with Gasteiger partial charge in [-0.3, -0.25) is 0 Å². The van der Waals surface area contributed by atoms with Crippen molar-refractivity contribution in [1.29, 1.82) is 0 Å². The molecule has 1 N–H and O–H groups in total. The molecule has 1 fully saturated rings. The van der Waals surface area contributed by atoms with E-state index in [4.69, 9.17) is 30.2 Å². The Balaban J connectivity index is 1.38. The Bertz CT molecular complexity index is 1140. The number of aromatic nitrogens is 2. The number of nitrogens with zero attached hydrogens (tertiary/aromatic N) is 2. The Hall–Kier alpha value is -3.00. The van der Waals surface area contributed by atoms with Gasteiger partial charge in [-0.25, -0.2) is 14.8 Å². The summed E-state index contributed by atoms with van der Waals surface area (Å²) >= 11 is 6.45. The third-order valence-corrected chi connectivity index (χ3v) is 5.16. The minimum Gasteiger partial charge on any atom is -0.493 e. The summed E-state index contributed by atoms with van der Waals surface area (Å²) in [5.41, 5.74) is 1.22. The van der Waals surface area contributed by atoms with E-state index in [2.05, 4.69) is 15.3 Å². The van der Waals surface area contributed by atoms with Gasteiger partial charge in [0.1, 0.15) is 23.5 Å². The highest BCUT2D eigenvalue weighted by molar-refractivity contribution is 6.33. The van der Waals surface area contributed by atoms with Crippen LogP contribution in [0.25, 0.3) is 22.6 Å². The molecule has 0 spiro atoms. The molecule has 0 saturated heterocycles. The molecule has 0 radical (unpaired) electrons. The smallest absolute Gasteiger partial charge is 0.407 e. The van der Waals surface area contributed by atoms with Gasteiger partial charge in [0.2, 0.25) is 11.8 Å². The van der Waals surface area contributed by atoms with E-state index in [1.807, 2.05) is 39.8 Å². The standard InChI is InChI=1S/C24H28ClN3O5/c1-14(27-23(29)33-24(2,3)4)12-31-21-10-20-19(11-26-21)28-22(32-20)17-8-7-16(9-18(17)25)30-13-15-5-6-15/h7-11,14-15H,5-6,12-13H2,1-4H3,(H,27,29)/t14-/m0/s1. The first kappa shape index (κ1) is 23.2. The Labute approximate surface area is 197 Å². The van der Waals surface area contributed by atoms with Gasteiger partial charge in [-0.1, -0.05) is 11.6 Å². The fraction of sp³-hybridized carbons (Fsp3) is 0.458. The average molecular weight is 474 g/mol. The molecule has 0 bridgehead atoms. The molecular weight excluding hydrogens is 446 g/mol. The van der Waals surface area contributed by atoms with E-state index < -0.39 is 11.7 Å². The van der Waals surface area contributed by atoms with Gasteiger partial charge < -0.3 is 23.9 Å². The maximum atomic E-state index is 11.9. The van der Waals surface area contributed by atoms with Crippen molar-refractivity contribution in [3.63, 3.8) is 0 Å². The summed E-state index contributed by atoms with van der Waals surface area (Å²) in [6.07, 6.45) is 3.54. The van der Waals surface area contributed by atoms with Gasteiger partial charge in [0.15, 0.2) is 5.58 Å². The van der Waals surface area contributed by atoms with Gasteiger partial charge in [-0.15, -0.1) is 0 Å². The summed E-state index contributed by atoms with van der Waals surface area (Å²) in [6.45, 7) is 8.18. The van der Waals surface area contributed by atoms with E-state index in [0.717, 1.165) is 12.4 Å². The van der Waals surface area contributed by atoms with Crippen LogP contribution < -0.4 is 14.8 Å². The predicted octanol–water partition coefficient (Wildman–Crippen LogP) is 5.62. The highest BCUT2D eigenvalue weighted by Crippen LogP contribution is 2.34. The summed E-state index contributed by atoms with van der Waals surface area (Å²) in [5, 5.41) is 3.23. The van der Waals surface area contributed by atoms with Crippen molar-refractivity contribution in [3.05, 3.63) is 35.5 Å². The predicted molar refractivity (Wildman–Crippen MR) is 125 cm³/mol. The number of amides is 1. The van der Waals surface area contributed by atoms with Crippen molar-refractivity contribution in [3.8, 4) is 23.1 Å². The van der Waals surface area contributed by atoms with Crippen LogP contribution in [0, 0.1) is 5.92 Å². The average Bonchev–Trinajstić information content (AvgIpc) is 3.46. The number of benzene rings is 1. The van der Waals surface area contributed by atoms with E-state index in [0.29, 0.717) is 39.4 Å². The number of carbonyl (C=O) groups excluding carboxylic acids is 1. The van der Waals surface area contributed by atoms with Gasteiger partial charge >= 0.3 is 6.09 Å². The molecule has 9 heteroatoms. The third kappa shape index (κ3) is 6.51. The van der Waals surface area contributed by atoms with Crippen LogP contribution in [0.1, 0.15) is 40.5 Å². The van der Waals surface area contributed by atoms with E-state index in [1.54, 1.807) is 18.3 Å². The summed E-state index contributed by atoms with van der Waals surface area (Å²) in [5.74, 6) is 2.15. The van der Waals surface area contributed by atoms with Crippen molar-refractivity contribution in [2.45, 2.75) is 52.2 Å². The Kier molecular flexibility index (Phi) is 6.65. The SMILES string of the molecule is C[C@@H](COc1cc2oc(-c3ccc(OCC4CC4)cc3Cl)nc2cn1)NC(=O)OC(C)(C)C. The first-order chi connectivity index (χ1) is 15.7. The molecule has 1 aromatic carbocycles. The van der Waals surface area contributed by atoms with Crippen LogP contribution in [0.15, 0.2) is 34.9 Å². The molecule has 33 heavy (non-hydrogen) atoms. The zero-order valence-corrected chi connectivity index (χ0v) is 19.9. The van der Waals surface area contributed by atoms with Crippen LogP contribution in [0.4, 0.5) is 4.79 Å². The number of alkyl carbamates (subject to hydrolysis) is 1. The maximum Gasteiger partial charge on any atom is 0.407 e. The van der Waals surface area contributed by atoms with E-state index >= 15 is 0 Å². The molecule has 1 saturated carbocycles. The number of oxazole rings is 1. The van der Waals surface area contributed by atoms with E-state index in [1.165, 1.54) is 12.8 Å². The van der Waals surface area contributed by atoms with Crippen LogP contribution in [-0.2, 0) is 4.74 Å². The molecule has 8 nitrogen and oxygen atoms in total. The number of fused-ring (bicyclic) bond motifs is 1. The third-order valence-electron chi connectivity index (χ3n) is 4.85. The normalized spacial score (nSPS) is 14.7. The molecule has 2 heterocycles. The lowest BCUT2D eigenvalue weighted by Gasteiger charge is -2.21. The van der Waals surface area contributed by atoms with E-state index in [9.17, 15) is 4.79 Å². The summed E-state index contributed by atoms with van der Waals surface area (Å²) in [7, 11) is 0. The fourth-order valence-corrected chi connectivity index (χ4v) is 3.28. The molecule has 1 amide bonds. The number of rotatable bonds is 8. The topological polar surface area (TPSA) is 95.7 Å². The minimum atomic E-state index is -0.561. The van der Waals surface area contributed by atoms with Gasteiger partial charge in [0.25, 0.3) is 0 Å². The monoisotopic (exact) mass is 473 g/mol. The van der Waals surface area contributed by atoms with Crippen LogP contribution in [0.5, 0.6) is 11.6 Å². The summed E-state index contributed by atoms with van der Waals surface area (Å²) < 4.78 is 22.6. The molecule has 1 aliphatic rings. The van der Waals surface area contributed by atoms with Crippen molar-refractivity contribution < 1.29 is 23.4 Å². The molecule has 0 unspecified atom stereocenters. The van der Waals surface area contributed by atoms with Crippen molar-refractivity contribution >= 4 is 28.8 Å². The second-order valence-electron chi connectivity index (χ2n) is 9.26. The molecular formula is C24H28ClN3O5. The number of pyridine rings is 1. The number of hydrogen-bond acceptors (Lipinski definition) is 7. The van der Waals surface area contributed by atoms with E-state index in [-0.39, 0.29) is 12.6 Å². The fourth-order valence-electron chi connectivity index (χ4n) is 3.03. The van der Waals surface area contributed by atoms with Crippen molar-refractivity contribution in [2.24, 2.45) is 5.92 Å². The quantitative estimate of drug-likeness (QED) is 0.453. The summed E-state index contributed by atoms with van der Waals surface area (Å²) in [4.78, 5) is 20.6. The second-order valence-corrected chi connectivity index (χ2v) is 9.67.